The highest BCUT2D eigenvalue weighted by Gasteiger charge is 2.30. The third kappa shape index (κ3) is 8.06. The van der Waals surface area contributed by atoms with Crippen LogP contribution in [0.15, 0.2) is 72.9 Å². The zero-order valence-corrected chi connectivity index (χ0v) is 24.5. The Bertz CT molecular complexity index is 1530. The molecule has 0 saturated heterocycles. The molecule has 10 heteroatoms. The number of nitrogens with zero attached hydrogens (tertiary/aromatic N) is 2. The van der Waals surface area contributed by atoms with Crippen LogP contribution < -0.4 is 5.32 Å². The number of hydrogen-bond acceptors (Lipinski definition) is 2. The summed E-state index contributed by atoms with van der Waals surface area (Å²) < 4.78 is 39.4. The average molecular weight is 599 g/mol. The summed E-state index contributed by atoms with van der Waals surface area (Å²) in [5.74, 6) is -0.229. The van der Waals surface area contributed by atoms with E-state index in [9.17, 15) is 22.8 Å². The molecule has 0 spiro atoms. The standard InChI is InChI=1S/C32H34ClF3N4O2/c1-21(2)18-40(31(42)38-26-13-8-22(3)28(33)16-26)20-30(41)39(19-23-9-11-25(12-10-23)32(34,35)36)15-14-24-17-37-29-7-5-4-6-27(24)29/h4-13,16-17,21,37H,14-15,18-20H2,1-3H3,(H,38,42). The third-order valence-corrected chi connectivity index (χ3v) is 7.36. The van der Waals surface area contributed by atoms with Crippen LogP contribution in [0.1, 0.15) is 36.1 Å². The fraction of sp³-hybridized carbons (Fsp3) is 0.312. The number of aromatic amines is 1. The first-order valence-corrected chi connectivity index (χ1v) is 14.1. The molecule has 0 fully saturated rings. The van der Waals surface area contributed by atoms with Crippen molar-refractivity contribution in [3.63, 3.8) is 0 Å². The maximum Gasteiger partial charge on any atom is 0.416 e. The molecule has 0 bridgehead atoms. The number of benzene rings is 3. The molecule has 0 unspecified atom stereocenters. The quantitative estimate of drug-likeness (QED) is 0.195. The molecule has 0 radical (unpaired) electrons. The van der Waals surface area contributed by atoms with Gasteiger partial charge in [-0.15, -0.1) is 0 Å². The molecule has 0 atom stereocenters. The van der Waals surface area contributed by atoms with Gasteiger partial charge in [-0.2, -0.15) is 13.2 Å². The fourth-order valence-corrected chi connectivity index (χ4v) is 4.88. The first-order chi connectivity index (χ1) is 19.9. The average Bonchev–Trinajstić information content (AvgIpc) is 3.35. The largest absolute Gasteiger partial charge is 0.416 e. The number of aryl methyl sites for hydroxylation is 1. The molecule has 6 nitrogen and oxygen atoms in total. The van der Waals surface area contributed by atoms with Crippen molar-refractivity contribution in [3.8, 4) is 0 Å². The van der Waals surface area contributed by atoms with E-state index in [4.69, 9.17) is 11.6 Å². The van der Waals surface area contributed by atoms with E-state index < -0.39 is 17.8 Å². The van der Waals surface area contributed by atoms with Crippen LogP contribution in [0.5, 0.6) is 0 Å². The number of para-hydroxylation sites is 1. The molecular formula is C32H34ClF3N4O2. The predicted octanol–water partition coefficient (Wildman–Crippen LogP) is 7.91. The van der Waals surface area contributed by atoms with Gasteiger partial charge >= 0.3 is 12.2 Å². The van der Waals surface area contributed by atoms with Crippen LogP contribution in [-0.2, 0) is 23.9 Å². The number of nitrogens with one attached hydrogen (secondary N) is 2. The monoisotopic (exact) mass is 598 g/mol. The SMILES string of the molecule is Cc1ccc(NC(=O)N(CC(=O)N(CCc2c[nH]c3ccccc23)Cc2ccc(C(F)(F)F)cc2)CC(C)C)cc1Cl. The Labute approximate surface area is 248 Å². The van der Waals surface area contributed by atoms with Crippen molar-refractivity contribution in [1.82, 2.24) is 14.8 Å². The summed E-state index contributed by atoms with van der Waals surface area (Å²) in [6.07, 6.45) is -2.03. The molecule has 3 aromatic carbocycles. The smallest absolute Gasteiger partial charge is 0.361 e. The molecule has 4 rings (SSSR count). The molecule has 0 aliphatic heterocycles. The van der Waals surface area contributed by atoms with Gasteiger partial charge in [-0.3, -0.25) is 4.79 Å². The maximum atomic E-state index is 13.7. The van der Waals surface area contributed by atoms with Gasteiger partial charge in [0, 0.05) is 47.4 Å². The van der Waals surface area contributed by atoms with Gasteiger partial charge in [-0.05, 0) is 66.3 Å². The van der Waals surface area contributed by atoms with E-state index >= 15 is 0 Å². The number of fused-ring (bicyclic) bond motifs is 1. The van der Waals surface area contributed by atoms with Gasteiger partial charge in [-0.1, -0.05) is 61.8 Å². The van der Waals surface area contributed by atoms with E-state index in [2.05, 4.69) is 10.3 Å². The number of anilines is 1. The van der Waals surface area contributed by atoms with Gasteiger partial charge in [0.2, 0.25) is 5.91 Å². The van der Waals surface area contributed by atoms with Gasteiger partial charge in [0.15, 0.2) is 0 Å². The second kappa shape index (κ2) is 13.3. The topological polar surface area (TPSA) is 68.4 Å². The number of rotatable bonds is 10. The van der Waals surface area contributed by atoms with Crippen molar-refractivity contribution in [3.05, 3.63) is 100 Å². The lowest BCUT2D eigenvalue weighted by molar-refractivity contribution is -0.137. The number of carbonyl (C=O) groups is 2. The molecule has 2 N–H and O–H groups in total. The normalized spacial score (nSPS) is 11.6. The number of carbonyl (C=O) groups excluding carboxylic acids is 2. The zero-order chi connectivity index (χ0) is 30.4. The van der Waals surface area contributed by atoms with Crippen molar-refractivity contribution < 1.29 is 22.8 Å². The van der Waals surface area contributed by atoms with Crippen LogP contribution in [0.4, 0.5) is 23.7 Å². The van der Waals surface area contributed by atoms with Crippen molar-refractivity contribution in [2.45, 2.75) is 39.9 Å². The highest BCUT2D eigenvalue weighted by atomic mass is 35.5. The van der Waals surface area contributed by atoms with E-state index in [1.807, 2.05) is 51.2 Å². The minimum Gasteiger partial charge on any atom is -0.361 e. The highest BCUT2D eigenvalue weighted by molar-refractivity contribution is 6.31. The van der Waals surface area contributed by atoms with Crippen molar-refractivity contribution in [1.29, 1.82) is 0 Å². The summed E-state index contributed by atoms with van der Waals surface area (Å²) in [5.41, 5.74) is 3.19. The second-order valence-corrected chi connectivity index (χ2v) is 11.2. The summed E-state index contributed by atoms with van der Waals surface area (Å²) >= 11 is 6.22. The number of H-pyrrole nitrogens is 1. The molecule has 1 heterocycles. The van der Waals surface area contributed by atoms with Crippen LogP contribution in [0.25, 0.3) is 10.9 Å². The molecule has 4 aromatic rings. The Hall–Kier alpha value is -3.98. The summed E-state index contributed by atoms with van der Waals surface area (Å²) in [6.45, 7) is 6.30. The number of amides is 3. The van der Waals surface area contributed by atoms with Gasteiger partial charge in [0.1, 0.15) is 6.54 Å². The number of aromatic nitrogens is 1. The van der Waals surface area contributed by atoms with Crippen LogP contribution in [0.3, 0.4) is 0 Å². The Balaban J connectivity index is 1.54. The van der Waals surface area contributed by atoms with Crippen molar-refractivity contribution in [2.75, 3.05) is 25.0 Å². The summed E-state index contributed by atoms with van der Waals surface area (Å²) in [7, 11) is 0. The van der Waals surface area contributed by atoms with Gasteiger partial charge in [0.05, 0.1) is 5.56 Å². The Kier molecular flexibility index (Phi) is 9.83. The Morgan fingerprint density at radius 2 is 1.71 bits per heavy atom. The highest BCUT2D eigenvalue weighted by Crippen LogP contribution is 2.29. The minimum atomic E-state index is -4.45. The van der Waals surface area contributed by atoms with Gasteiger partial charge < -0.3 is 20.1 Å². The first kappa shape index (κ1) is 31.0. The molecule has 0 aliphatic rings. The number of halogens is 4. The third-order valence-electron chi connectivity index (χ3n) is 6.96. The van der Waals surface area contributed by atoms with Crippen molar-refractivity contribution in [2.24, 2.45) is 5.92 Å². The molecule has 1 aromatic heterocycles. The molecule has 3 amide bonds. The van der Waals surface area contributed by atoms with Crippen LogP contribution in [-0.4, -0.2) is 46.4 Å². The predicted molar refractivity (Wildman–Crippen MR) is 160 cm³/mol. The number of urea groups is 1. The second-order valence-electron chi connectivity index (χ2n) is 10.8. The molecule has 222 valence electrons. The summed E-state index contributed by atoms with van der Waals surface area (Å²) in [4.78, 5) is 33.3. The van der Waals surface area contributed by atoms with E-state index in [0.29, 0.717) is 35.8 Å². The van der Waals surface area contributed by atoms with Crippen molar-refractivity contribution >= 4 is 40.1 Å². The number of alkyl halides is 3. The maximum absolute atomic E-state index is 13.7. The molecule has 42 heavy (non-hydrogen) atoms. The summed E-state index contributed by atoms with van der Waals surface area (Å²) in [6, 6.07) is 17.4. The van der Waals surface area contributed by atoms with Crippen LogP contribution in [0, 0.1) is 12.8 Å². The fourth-order valence-electron chi connectivity index (χ4n) is 4.70. The molecule has 0 saturated carbocycles. The molecule has 0 aliphatic carbocycles. The van der Waals surface area contributed by atoms with Crippen LogP contribution >= 0.6 is 11.6 Å². The van der Waals surface area contributed by atoms with Crippen LogP contribution in [0.2, 0.25) is 5.02 Å². The lowest BCUT2D eigenvalue weighted by Gasteiger charge is -2.29. The zero-order valence-electron chi connectivity index (χ0n) is 23.8. The number of hydrogen-bond donors (Lipinski definition) is 2. The Morgan fingerprint density at radius 1 is 1.00 bits per heavy atom. The lowest BCUT2D eigenvalue weighted by atomic mass is 10.1. The van der Waals surface area contributed by atoms with E-state index in [-0.39, 0.29) is 24.9 Å². The Morgan fingerprint density at radius 3 is 2.38 bits per heavy atom. The van der Waals surface area contributed by atoms with Gasteiger partial charge in [-0.25, -0.2) is 4.79 Å². The van der Waals surface area contributed by atoms with E-state index in [1.54, 1.807) is 23.1 Å². The summed E-state index contributed by atoms with van der Waals surface area (Å²) in [5, 5.41) is 4.38. The lowest BCUT2D eigenvalue weighted by Crippen LogP contribution is -2.46. The van der Waals surface area contributed by atoms with E-state index in [0.717, 1.165) is 34.2 Å². The first-order valence-electron chi connectivity index (χ1n) is 13.7. The van der Waals surface area contributed by atoms with E-state index in [1.165, 1.54) is 17.0 Å². The minimum absolute atomic E-state index is 0.0831. The molecular weight excluding hydrogens is 565 g/mol. The van der Waals surface area contributed by atoms with Gasteiger partial charge in [0.25, 0.3) is 0 Å².